The number of hydrogen-bond acceptors (Lipinski definition) is 1. The highest BCUT2D eigenvalue weighted by Gasteiger charge is 2.22. The Hall–Kier alpha value is -2.28. The van der Waals surface area contributed by atoms with Gasteiger partial charge in [0.15, 0.2) is 0 Å². The standard InChI is InChI=1S/C23H26O/c1-4-23(3,5-2)21-13-11-19-12-14-22(16-20(19)15-21)24-17-18-9-7-6-8-10-18/h6-16H,4-5,17H2,1-3H3. The van der Waals surface area contributed by atoms with Gasteiger partial charge in [-0.15, -0.1) is 0 Å². The van der Waals surface area contributed by atoms with Crippen LogP contribution in [0.4, 0.5) is 0 Å². The molecule has 0 spiro atoms. The molecular formula is C23H26O. The van der Waals surface area contributed by atoms with Crippen LogP contribution in [0.15, 0.2) is 66.7 Å². The summed E-state index contributed by atoms with van der Waals surface area (Å²) in [5.74, 6) is 0.929. The van der Waals surface area contributed by atoms with Gasteiger partial charge in [-0.3, -0.25) is 0 Å². The largest absolute Gasteiger partial charge is 0.489 e. The highest BCUT2D eigenvalue weighted by Crippen LogP contribution is 2.33. The fraction of sp³-hybridized carbons (Fsp3) is 0.304. The van der Waals surface area contributed by atoms with Gasteiger partial charge < -0.3 is 4.74 Å². The molecule has 1 nitrogen and oxygen atoms in total. The van der Waals surface area contributed by atoms with Crippen molar-refractivity contribution in [1.82, 2.24) is 0 Å². The quantitative estimate of drug-likeness (QED) is 0.504. The minimum atomic E-state index is 0.245. The van der Waals surface area contributed by atoms with Crippen LogP contribution in [-0.4, -0.2) is 0 Å². The molecule has 0 N–H and O–H groups in total. The van der Waals surface area contributed by atoms with Crippen LogP contribution in [0.3, 0.4) is 0 Å². The predicted octanol–water partition coefficient (Wildman–Crippen LogP) is 6.50. The Balaban J connectivity index is 1.86. The molecule has 0 atom stereocenters. The highest BCUT2D eigenvalue weighted by atomic mass is 16.5. The molecule has 0 fully saturated rings. The van der Waals surface area contributed by atoms with Gasteiger partial charge in [-0.1, -0.05) is 75.4 Å². The molecule has 0 saturated carbocycles. The Labute approximate surface area is 145 Å². The molecule has 0 aliphatic rings. The molecule has 0 aromatic heterocycles. The Kier molecular flexibility index (Phi) is 4.89. The minimum absolute atomic E-state index is 0.245. The Morgan fingerprint density at radius 2 is 1.50 bits per heavy atom. The topological polar surface area (TPSA) is 9.23 Å². The van der Waals surface area contributed by atoms with Crippen molar-refractivity contribution in [2.75, 3.05) is 0 Å². The van der Waals surface area contributed by atoms with Crippen LogP contribution >= 0.6 is 0 Å². The number of ether oxygens (including phenoxy) is 1. The zero-order valence-electron chi connectivity index (χ0n) is 14.9. The van der Waals surface area contributed by atoms with Crippen molar-refractivity contribution >= 4 is 10.8 Å². The number of benzene rings is 3. The summed E-state index contributed by atoms with van der Waals surface area (Å²) in [6.07, 6.45) is 2.30. The number of rotatable bonds is 6. The Bertz CT molecular complexity index is 801. The van der Waals surface area contributed by atoms with Crippen molar-refractivity contribution in [3.8, 4) is 5.75 Å². The van der Waals surface area contributed by atoms with E-state index in [2.05, 4.69) is 69.3 Å². The summed E-state index contributed by atoms with van der Waals surface area (Å²) in [6.45, 7) is 7.50. The predicted molar refractivity (Wildman–Crippen MR) is 103 cm³/mol. The lowest BCUT2D eigenvalue weighted by molar-refractivity contribution is 0.306. The maximum absolute atomic E-state index is 5.98. The van der Waals surface area contributed by atoms with Gasteiger partial charge >= 0.3 is 0 Å². The summed E-state index contributed by atoms with van der Waals surface area (Å²) in [5, 5.41) is 2.52. The molecule has 0 saturated heterocycles. The summed E-state index contributed by atoms with van der Waals surface area (Å²) in [7, 11) is 0. The van der Waals surface area contributed by atoms with Gasteiger partial charge in [-0.2, -0.15) is 0 Å². The summed E-state index contributed by atoms with van der Waals surface area (Å²) < 4.78 is 5.98. The van der Waals surface area contributed by atoms with E-state index in [4.69, 9.17) is 4.74 Å². The zero-order chi connectivity index (χ0) is 17.0. The third-order valence-electron chi connectivity index (χ3n) is 5.32. The van der Waals surface area contributed by atoms with Crippen molar-refractivity contribution < 1.29 is 4.74 Å². The van der Waals surface area contributed by atoms with E-state index >= 15 is 0 Å². The maximum atomic E-state index is 5.98. The lowest BCUT2D eigenvalue weighted by atomic mass is 9.77. The van der Waals surface area contributed by atoms with E-state index in [1.165, 1.54) is 21.9 Å². The molecule has 0 amide bonds. The molecule has 3 rings (SSSR count). The maximum Gasteiger partial charge on any atom is 0.120 e. The summed E-state index contributed by atoms with van der Waals surface area (Å²) >= 11 is 0. The van der Waals surface area contributed by atoms with Gasteiger partial charge in [0.2, 0.25) is 0 Å². The summed E-state index contributed by atoms with van der Waals surface area (Å²) in [6, 6.07) is 23.5. The van der Waals surface area contributed by atoms with Crippen LogP contribution in [0.25, 0.3) is 10.8 Å². The van der Waals surface area contributed by atoms with Gasteiger partial charge in [0.1, 0.15) is 12.4 Å². The Morgan fingerprint density at radius 1 is 0.792 bits per heavy atom. The first-order chi connectivity index (χ1) is 11.6. The van der Waals surface area contributed by atoms with Crippen LogP contribution in [0.2, 0.25) is 0 Å². The molecule has 0 radical (unpaired) electrons. The minimum Gasteiger partial charge on any atom is -0.489 e. The van der Waals surface area contributed by atoms with Crippen molar-refractivity contribution in [3.63, 3.8) is 0 Å². The molecule has 0 aliphatic carbocycles. The van der Waals surface area contributed by atoms with Crippen molar-refractivity contribution in [2.24, 2.45) is 0 Å². The van der Waals surface area contributed by atoms with Crippen LogP contribution in [0.1, 0.15) is 44.7 Å². The van der Waals surface area contributed by atoms with E-state index in [0.29, 0.717) is 6.61 Å². The third-order valence-corrected chi connectivity index (χ3v) is 5.32. The normalized spacial score (nSPS) is 11.6. The fourth-order valence-electron chi connectivity index (χ4n) is 3.09. The van der Waals surface area contributed by atoms with E-state index in [1.807, 2.05) is 18.2 Å². The molecule has 0 aliphatic heterocycles. The van der Waals surface area contributed by atoms with Gasteiger partial charge in [0.25, 0.3) is 0 Å². The summed E-state index contributed by atoms with van der Waals surface area (Å²) in [5.41, 5.74) is 2.85. The van der Waals surface area contributed by atoms with Gasteiger partial charge in [-0.05, 0) is 52.3 Å². The fourth-order valence-corrected chi connectivity index (χ4v) is 3.09. The molecule has 3 aromatic carbocycles. The Morgan fingerprint density at radius 3 is 2.21 bits per heavy atom. The third kappa shape index (κ3) is 3.46. The number of fused-ring (bicyclic) bond motifs is 1. The molecule has 0 heterocycles. The van der Waals surface area contributed by atoms with Crippen LogP contribution in [0.5, 0.6) is 5.75 Å². The molecule has 24 heavy (non-hydrogen) atoms. The average molecular weight is 318 g/mol. The zero-order valence-corrected chi connectivity index (χ0v) is 14.9. The summed E-state index contributed by atoms with van der Waals surface area (Å²) in [4.78, 5) is 0. The first-order valence-corrected chi connectivity index (χ1v) is 8.85. The van der Waals surface area contributed by atoms with E-state index in [1.54, 1.807) is 0 Å². The average Bonchev–Trinajstić information content (AvgIpc) is 2.66. The van der Waals surface area contributed by atoms with E-state index < -0.39 is 0 Å². The van der Waals surface area contributed by atoms with Crippen molar-refractivity contribution in [2.45, 2.75) is 45.6 Å². The van der Waals surface area contributed by atoms with Crippen molar-refractivity contribution in [3.05, 3.63) is 77.9 Å². The second kappa shape index (κ2) is 7.09. The smallest absolute Gasteiger partial charge is 0.120 e. The van der Waals surface area contributed by atoms with Crippen LogP contribution < -0.4 is 4.74 Å². The number of hydrogen-bond donors (Lipinski definition) is 0. The van der Waals surface area contributed by atoms with E-state index in [9.17, 15) is 0 Å². The first-order valence-electron chi connectivity index (χ1n) is 8.85. The van der Waals surface area contributed by atoms with E-state index in [-0.39, 0.29) is 5.41 Å². The molecule has 3 aromatic rings. The van der Waals surface area contributed by atoms with E-state index in [0.717, 1.165) is 18.6 Å². The lowest BCUT2D eigenvalue weighted by Gasteiger charge is -2.27. The molecule has 0 unspecified atom stereocenters. The molecule has 124 valence electrons. The lowest BCUT2D eigenvalue weighted by Crippen LogP contribution is -2.19. The second-order valence-corrected chi connectivity index (χ2v) is 6.77. The van der Waals surface area contributed by atoms with Gasteiger partial charge in [0.05, 0.1) is 0 Å². The van der Waals surface area contributed by atoms with Gasteiger partial charge in [0, 0.05) is 0 Å². The molecular weight excluding hydrogens is 292 g/mol. The molecule has 1 heteroatoms. The van der Waals surface area contributed by atoms with Crippen molar-refractivity contribution in [1.29, 1.82) is 0 Å². The first kappa shape index (κ1) is 16.6. The second-order valence-electron chi connectivity index (χ2n) is 6.77. The van der Waals surface area contributed by atoms with Gasteiger partial charge in [-0.25, -0.2) is 0 Å². The van der Waals surface area contributed by atoms with Crippen LogP contribution in [-0.2, 0) is 12.0 Å². The monoisotopic (exact) mass is 318 g/mol. The molecule has 0 bridgehead atoms. The highest BCUT2D eigenvalue weighted by molar-refractivity contribution is 5.84. The SMILES string of the molecule is CCC(C)(CC)c1ccc2ccc(OCc3ccccc3)cc2c1. The van der Waals surface area contributed by atoms with Crippen LogP contribution in [0, 0.1) is 0 Å².